The van der Waals surface area contributed by atoms with E-state index < -0.39 is 0 Å². The SMILES string of the molecule is CCOc1ccc(SCC(=O)Nc2nc(CN3CCC(C)CC3)cs2)cc1. The van der Waals surface area contributed by atoms with Gasteiger partial charge in [-0.05, 0) is 63.0 Å². The fraction of sp³-hybridized carbons (Fsp3) is 0.500. The summed E-state index contributed by atoms with van der Waals surface area (Å²) in [6.45, 7) is 8.09. The molecule has 5 nitrogen and oxygen atoms in total. The number of nitrogens with one attached hydrogen (secondary N) is 1. The molecule has 1 amide bonds. The van der Waals surface area contributed by atoms with Crippen molar-refractivity contribution in [2.75, 3.05) is 30.8 Å². The molecular weight excluding hydrogens is 378 g/mol. The van der Waals surface area contributed by atoms with Crippen molar-refractivity contribution in [1.82, 2.24) is 9.88 Å². The summed E-state index contributed by atoms with van der Waals surface area (Å²) in [5.41, 5.74) is 1.05. The lowest BCUT2D eigenvalue weighted by Crippen LogP contribution is -2.32. The number of thioether (sulfide) groups is 1. The molecule has 27 heavy (non-hydrogen) atoms. The van der Waals surface area contributed by atoms with Gasteiger partial charge in [0, 0.05) is 16.8 Å². The Balaban J connectivity index is 1.42. The van der Waals surface area contributed by atoms with Gasteiger partial charge in [-0.15, -0.1) is 23.1 Å². The molecular formula is C20H27N3O2S2. The highest BCUT2D eigenvalue weighted by atomic mass is 32.2. The molecule has 2 heterocycles. The molecule has 0 unspecified atom stereocenters. The number of piperidine rings is 1. The van der Waals surface area contributed by atoms with Crippen molar-refractivity contribution in [3.05, 3.63) is 35.3 Å². The molecule has 0 spiro atoms. The first-order valence-corrected chi connectivity index (χ1v) is 11.3. The van der Waals surface area contributed by atoms with Gasteiger partial charge in [-0.2, -0.15) is 0 Å². The highest BCUT2D eigenvalue weighted by molar-refractivity contribution is 8.00. The van der Waals surface area contributed by atoms with Crippen LogP contribution in [0.2, 0.25) is 0 Å². The van der Waals surface area contributed by atoms with Crippen LogP contribution in [0.5, 0.6) is 5.75 Å². The summed E-state index contributed by atoms with van der Waals surface area (Å²) in [5.74, 6) is 2.03. The average molecular weight is 406 g/mol. The van der Waals surface area contributed by atoms with Gasteiger partial charge in [-0.25, -0.2) is 4.98 Å². The lowest BCUT2D eigenvalue weighted by molar-refractivity contribution is -0.113. The number of rotatable bonds is 8. The van der Waals surface area contributed by atoms with Crippen LogP contribution in [0.1, 0.15) is 32.4 Å². The molecule has 0 radical (unpaired) electrons. The van der Waals surface area contributed by atoms with Crippen molar-refractivity contribution in [3.63, 3.8) is 0 Å². The predicted molar refractivity (Wildman–Crippen MR) is 113 cm³/mol. The van der Waals surface area contributed by atoms with Crippen molar-refractivity contribution < 1.29 is 9.53 Å². The maximum absolute atomic E-state index is 12.2. The first-order chi connectivity index (χ1) is 13.1. The molecule has 1 fully saturated rings. The Morgan fingerprint density at radius 2 is 2.07 bits per heavy atom. The van der Waals surface area contributed by atoms with Crippen LogP contribution in [0.3, 0.4) is 0 Å². The number of nitrogens with zero attached hydrogens (tertiary/aromatic N) is 2. The summed E-state index contributed by atoms with van der Waals surface area (Å²) in [7, 11) is 0. The summed E-state index contributed by atoms with van der Waals surface area (Å²) in [6.07, 6.45) is 2.52. The fourth-order valence-electron chi connectivity index (χ4n) is 2.99. The van der Waals surface area contributed by atoms with Crippen LogP contribution in [-0.2, 0) is 11.3 Å². The number of thiazole rings is 1. The first-order valence-electron chi connectivity index (χ1n) is 9.44. The van der Waals surface area contributed by atoms with E-state index in [4.69, 9.17) is 4.74 Å². The molecule has 3 rings (SSSR count). The smallest absolute Gasteiger partial charge is 0.236 e. The van der Waals surface area contributed by atoms with Crippen LogP contribution in [-0.4, -0.2) is 41.2 Å². The number of anilines is 1. The highest BCUT2D eigenvalue weighted by Crippen LogP contribution is 2.23. The normalized spacial score (nSPS) is 15.6. The third kappa shape index (κ3) is 6.52. The zero-order valence-corrected chi connectivity index (χ0v) is 17.6. The van der Waals surface area contributed by atoms with Gasteiger partial charge in [0.05, 0.1) is 18.1 Å². The third-order valence-electron chi connectivity index (χ3n) is 4.56. The van der Waals surface area contributed by atoms with E-state index in [-0.39, 0.29) is 5.91 Å². The number of hydrogen-bond acceptors (Lipinski definition) is 6. The van der Waals surface area contributed by atoms with Crippen LogP contribution in [0.25, 0.3) is 0 Å². The van der Waals surface area contributed by atoms with Crippen molar-refractivity contribution in [1.29, 1.82) is 0 Å². The topological polar surface area (TPSA) is 54.5 Å². The minimum atomic E-state index is -0.0263. The maximum Gasteiger partial charge on any atom is 0.236 e. The number of hydrogen-bond donors (Lipinski definition) is 1. The molecule has 2 aromatic rings. The van der Waals surface area contributed by atoms with Gasteiger partial charge >= 0.3 is 0 Å². The Labute approximate surface area is 169 Å². The Bertz CT molecular complexity index is 725. The van der Waals surface area contributed by atoms with E-state index in [2.05, 4.69) is 22.1 Å². The number of benzene rings is 1. The second-order valence-corrected chi connectivity index (χ2v) is 8.75. The average Bonchev–Trinajstić information content (AvgIpc) is 3.10. The summed E-state index contributed by atoms with van der Waals surface area (Å²) in [6, 6.07) is 7.81. The zero-order valence-electron chi connectivity index (χ0n) is 15.9. The molecule has 0 aliphatic carbocycles. The first kappa shape index (κ1) is 20.2. The Morgan fingerprint density at radius 1 is 1.33 bits per heavy atom. The molecule has 1 saturated heterocycles. The third-order valence-corrected chi connectivity index (χ3v) is 6.38. The van der Waals surface area contributed by atoms with Gasteiger partial charge < -0.3 is 10.1 Å². The van der Waals surface area contributed by atoms with Crippen LogP contribution < -0.4 is 10.1 Å². The standard InChI is InChI=1S/C20H27N3O2S2/c1-3-25-17-4-6-18(7-5-17)26-14-19(24)22-20-21-16(13-27-20)12-23-10-8-15(2)9-11-23/h4-7,13,15H,3,8-12,14H2,1-2H3,(H,21,22,24). The fourth-order valence-corrected chi connectivity index (χ4v) is 4.41. The number of amides is 1. The number of likely N-dealkylation sites (tertiary alicyclic amines) is 1. The quantitative estimate of drug-likeness (QED) is 0.655. The Hall–Kier alpha value is -1.57. The van der Waals surface area contributed by atoms with E-state index in [1.807, 2.05) is 36.6 Å². The lowest BCUT2D eigenvalue weighted by Gasteiger charge is -2.29. The van der Waals surface area contributed by atoms with E-state index in [1.54, 1.807) is 0 Å². The Kier molecular flexibility index (Phi) is 7.55. The van der Waals surface area contributed by atoms with E-state index in [1.165, 1.54) is 35.9 Å². The molecule has 1 aromatic carbocycles. The second kappa shape index (κ2) is 10.1. The maximum atomic E-state index is 12.2. The lowest BCUT2D eigenvalue weighted by atomic mass is 9.99. The van der Waals surface area contributed by atoms with Gasteiger partial charge in [0.15, 0.2) is 5.13 Å². The number of aromatic nitrogens is 1. The minimum Gasteiger partial charge on any atom is -0.494 e. The highest BCUT2D eigenvalue weighted by Gasteiger charge is 2.17. The molecule has 1 aliphatic rings. The van der Waals surface area contributed by atoms with Crippen molar-refractivity contribution in [2.45, 2.75) is 38.1 Å². The van der Waals surface area contributed by atoms with E-state index in [9.17, 15) is 4.79 Å². The van der Waals surface area contributed by atoms with Crippen molar-refractivity contribution in [2.24, 2.45) is 5.92 Å². The minimum absolute atomic E-state index is 0.0263. The molecule has 0 atom stereocenters. The van der Waals surface area contributed by atoms with E-state index in [0.717, 1.165) is 41.9 Å². The van der Waals surface area contributed by atoms with Crippen molar-refractivity contribution >= 4 is 34.1 Å². The van der Waals surface area contributed by atoms with E-state index >= 15 is 0 Å². The van der Waals surface area contributed by atoms with Crippen LogP contribution in [0, 0.1) is 5.92 Å². The molecule has 7 heteroatoms. The summed E-state index contributed by atoms with van der Waals surface area (Å²) in [4.78, 5) is 20.3. The van der Waals surface area contributed by atoms with Crippen LogP contribution in [0.4, 0.5) is 5.13 Å². The summed E-state index contributed by atoms with van der Waals surface area (Å²) >= 11 is 3.01. The number of carbonyl (C=O) groups is 1. The van der Waals surface area contributed by atoms with Gasteiger partial charge in [-0.1, -0.05) is 6.92 Å². The molecule has 1 aliphatic heterocycles. The molecule has 0 saturated carbocycles. The number of ether oxygens (including phenoxy) is 1. The van der Waals surface area contributed by atoms with Crippen molar-refractivity contribution in [3.8, 4) is 5.75 Å². The van der Waals surface area contributed by atoms with Crippen LogP contribution in [0.15, 0.2) is 34.5 Å². The largest absolute Gasteiger partial charge is 0.494 e. The summed E-state index contributed by atoms with van der Waals surface area (Å²) in [5, 5.41) is 5.65. The molecule has 0 bridgehead atoms. The van der Waals surface area contributed by atoms with Gasteiger partial charge in [0.25, 0.3) is 0 Å². The second-order valence-electron chi connectivity index (χ2n) is 6.84. The number of carbonyl (C=O) groups excluding carboxylic acids is 1. The van der Waals surface area contributed by atoms with Gasteiger partial charge in [0.1, 0.15) is 5.75 Å². The van der Waals surface area contributed by atoms with E-state index in [0.29, 0.717) is 17.5 Å². The molecule has 1 aromatic heterocycles. The van der Waals surface area contributed by atoms with Gasteiger partial charge in [0.2, 0.25) is 5.91 Å². The van der Waals surface area contributed by atoms with Gasteiger partial charge in [-0.3, -0.25) is 9.69 Å². The monoisotopic (exact) mass is 405 g/mol. The molecule has 146 valence electrons. The van der Waals surface area contributed by atoms with Crippen LogP contribution >= 0.6 is 23.1 Å². The Morgan fingerprint density at radius 3 is 2.78 bits per heavy atom. The summed E-state index contributed by atoms with van der Waals surface area (Å²) < 4.78 is 5.43. The molecule has 1 N–H and O–H groups in total. The zero-order chi connectivity index (χ0) is 19.1. The predicted octanol–water partition coefficient (Wildman–Crippen LogP) is 4.50.